The van der Waals surface area contributed by atoms with Crippen LogP contribution >= 0.6 is 0 Å². The summed E-state index contributed by atoms with van der Waals surface area (Å²) in [5.74, 6) is 0.201. The predicted octanol–water partition coefficient (Wildman–Crippen LogP) is 3.33. The summed E-state index contributed by atoms with van der Waals surface area (Å²) in [5, 5.41) is 3.03. The maximum absolute atomic E-state index is 14.0. The third-order valence-corrected chi connectivity index (χ3v) is 6.29. The molecule has 0 saturated carbocycles. The van der Waals surface area contributed by atoms with Crippen molar-refractivity contribution in [2.75, 3.05) is 19.6 Å². The summed E-state index contributed by atoms with van der Waals surface area (Å²) in [4.78, 5) is 30.5. The van der Waals surface area contributed by atoms with Gasteiger partial charge in [-0.05, 0) is 37.7 Å². The molecule has 2 fully saturated rings. The van der Waals surface area contributed by atoms with Gasteiger partial charge >= 0.3 is 0 Å². The van der Waals surface area contributed by atoms with Crippen LogP contribution in [-0.4, -0.2) is 52.8 Å². The van der Waals surface area contributed by atoms with Gasteiger partial charge in [-0.15, -0.1) is 0 Å². The molecule has 6 heteroatoms. The van der Waals surface area contributed by atoms with Crippen molar-refractivity contribution in [2.24, 2.45) is 5.92 Å². The minimum absolute atomic E-state index is 0.00982. The van der Waals surface area contributed by atoms with Gasteiger partial charge in [0.1, 0.15) is 17.4 Å². The first-order chi connectivity index (χ1) is 13.9. The van der Waals surface area contributed by atoms with Crippen LogP contribution in [0, 0.1) is 11.7 Å². The van der Waals surface area contributed by atoms with Crippen LogP contribution in [0.1, 0.15) is 58.4 Å². The lowest BCUT2D eigenvalue weighted by atomic mass is 9.80. The van der Waals surface area contributed by atoms with E-state index in [1.165, 1.54) is 6.07 Å². The second-order valence-corrected chi connectivity index (χ2v) is 8.90. The molecule has 1 aromatic rings. The van der Waals surface area contributed by atoms with E-state index in [1.54, 1.807) is 12.1 Å². The molecule has 0 unspecified atom stereocenters. The molecule has 1 aromatic carbocycles. The topological polar surface area (TPSA) is 52.7 Å². The van der Waals surface area contributed by atoms with Gasteiger partial charge in [0.25, 0.3) is 0 Å². The fraction of sp³-hybridized carbons (Fsp3) is 0.652. The molecule has 2 heterocycles. The van der Waals surface area contributed by atoms with Crippen molar-refractivity contribution in [3.63, 3.8) is 0 Å². The average molecular weight is 404 g/mol. The Morgan fingerprint density at radius 3 is 2.52 bits per heavy atom. The van der Waals surface area contributed by atoms with Gasteiger partial charge in [0.05, 0.1) is 0 Å². The number of amides is 2. The molecular formula is C23H34FN3O2. The predicted molar refractivity (Wildman–Crippen MR) is 112 cm³/mol. The Labute approximate surface area is 173 Å². The van der Waals surface area contributed by atoms with E-state index in [1.807, 2.05) is 11.0 Å². The quantitative estimate of drug-likeness (QED) is 0.760. The van der Waals surface area contributed by atoms with Gasteiger partial charge in [-0.25, -0.2) is 4.39 Å². The van der Waals surface area contributed by atoms with Gasteiger partial charge in [0.2, 0.25) is 11.8 Å². The minimum atomic E-state index is -0.758. The van der Waals surface area contributed by atoms with E-state index in [0.29, 0.717) is 56.9 Å². The lowest BCUT2D eigenvalue weighted by molar-refractivity contribution is -0.161. The molecule has 1 N–H and O–H groups in total. The number of halogens is 1. The number of benzene rings is 1. The number of piperazine rings is 1. The number of piperidine rings is 1. The van der Waals surface area contributed by atoms with Gasteiger partial charge in [-0.3, -0.25) is 14.5 Å². The van der Waals surface area contributed by atoms with Crippen molar-refractivity contribution in [1.82, 2.24) is 15.1 Å². The van der Waals surface area contributed by atoms with E-state index in [-0.39, 0.29) is 17.6 Å². The molecule has 0 bridgehead atoms. The summed E-state index contributed by atoms with van der Waals surface area (Å²) < 4.78 is 14.0. The van der Waals surface area contributed by atoms with Gasteiger partial charge in [0.15, 0.2) is 0 Å². The molecule has 5 nitrogen and oxygen atoms in total. The van der Waals surface area contributed by atoms with E-state index in [4.69, 9.17) is 0 Å². The van der Waals surface area contributed by atoms with Gasteiger partial charge in [0, 0.05) is 31.7 Å². The van der Waals surface area contributed by atoms with Crippen molar-refractivity contribution < 1.29 is 14.0 Å². The monoisotopic (exact) mass is 403 g/mol. The molecule has 0 radical (unpaired) electrons. The van der Waals surface area contributed by atoms with E-state index in [9.17, 15) is 14.0 Å². The van der Waals surface area contributed by atoms with Crippen LogP contribution in [0.25, 0.3) is 0 Å². The lowest BCUT2D eigenvalue weighted by Crippen LogP contribution is -2.73. The third kappa shape index (κ3) is 4.63. The highest BCUT2D eigenvalue weighted by Crippen LogP contribution is 2.34. The normalized spacial score (nSPS) is 22.4. The smallest absolute Gasteiger partial charge is 0.246 e. The molecule has 2 aliphatic rings. The fourth-order valence-corrected chi connectivity index (χ4v) is 4.59. The summed E-state index contributed by atoms with van der Waals surface area (Å²) >= 11 is 0. The molecule has 29 heavy (non-hydrogen) atoms. The Hall–Kier alpha value is -1.95. The Balaban J connectivity index is 1.74. The minimum Gasteiger partial charge on any atom is -0.342 e. The number of nitrogens with one attached hydrogen (secondary N) is 1. The molecule has 0 aliphatic carbocycles. The highest BCUT2D eigenvalue weighted by molar-refractivity contribution is 6.00. The van der Waals surface area contributed by atoms with E-state index < -0.39 is 11.6 Å². The largest absolute Gasteiger partial charge is 0.342 e. The van der Waals surface area contributed by atoms with Crippen molar-refractivity contribution >= 4 is 11.8 Å². The number of carbonyl (C=O) groups excluding carboxylic acids is 2. The van der Waals surface area contributed by atoms with Crippen LogP contribution in [0.5, 0.6) is 0 Å². The van der Waals surface area contributed by atoms with Crippen LogP contribution in [0.2, 0.25) is 0 Å². The molecule has 2 saturated heterocycles. The molecule has 0 aromatic heterocycles. The third-order valence-electron chi connectivity index (χ3n) is 6.29. The first kappa shape index (κ1) is 21.8. The van der Waals surface area contributed by atoms with E-state index >= 15 is 0 Å². The van der Waals surface area contributed by atoms with Crippen molar-refractivity contribution in [3.8, 4) is 0 Å². The molecule has 3 rings (SSSR count). The lowest BCUT2D eigenvalue weighted by Gasteiger charge is -2.52. The van der Waals surface area contributed by atoms with Gasteiger partial charge in [-0.1, -0.05) is 45.4 Å². The van der Waals surface area contributed by atoms with Gasteiger partial charge in [-0.2, -0.15) is 0 Å². The van der Waals surface area contributed by atoms with E-state index in [0.717, 1.165) is 12.8 Å². The number of nitrogens with zero attached hydrogens (tertiary/aromatic N) is 2. The second-order valence-electron chi connectivity index (χ2n) is 8.90. The number of hydrogen-bond acceptors (Lipinski definition) is 3. The second kappa shape index (κ2) is 9.24. The Morgan fingerprint density at radius 1 is 1.21 bits per heavy atom. The van der Waals surface area contributed by atoms with Gasteiger partial charge < -0.3 is 10.2 Å². The van der Waals surface area contributed by atoms with Crippen LogP contribution in [0.4, 0.5) is 4.39 Å². The fourth-order valence-electron chi connectivity index (χ4n) is 4.59. The number of carbonyl (C=O) groups is 2. The molecular weight excluding hydrogens is 369 g/mol. The zero-order chi connectivity index (χ0) is 21.0. The van der Waals surface area contributed by atoms with Crippen molar-refractivity contribution in [3.05, 3.63) is 35.6 Å². The SMILES string of the molecule is CCCCN1C(=O)[C@H](CC(C)C)NC(=O)C12CCN(Cc1ccccc1F)CC2. The summed E-state index contributed by atoms with van der Waals surface area (Å²) in [6, 6.07) is 6.41. The summed E-state index contributed by atoms with van der Waals surface area (Å²) in [7, 11) is 0. The molecule has 1 spiro atoms. The zero-order valence-electron chi connectivity index (χ0n) is 17.9. The molecule has 1 atom stereocenters. The first-order valence-electron chi connectivity index (χ1n) is 11.0. The zero-order valence-corrected chi connectivity index (χ0v) is 17.9. The Morgan fingerprint density at radius 2 is 1.90 bits per heavy atom. The summed E-state index contributed by atoms with van der Waals surface area (Å²) in [6.45, 7) is 8.75. The Bertz CT molecular complexity index is 729. The number of hydrogen-bond donors (Lipinski definition) is 1. The number of rotatable bonds is 7. The highest BCUT2D eigenvalue weighted by Gasteiger charge is 2.53. The maximum atomic E-state index is 14.0. The maximum Gasteiger partial charge on any atom is 0.246 e. The van der Waals surface area contributed by atoms with Crippen LogP contribution in [-0.2, 0) is 16.1 Å². The van der Waals surface area contributed by atoms with E-state index in [2.05, 4.69) is 31.0 Å². The van der Waals surface area contributed by atoms with Crippen LogP contribution in [0.3, 0.4) is 0 Å². The summed E-state index contributed by atoms with van der Waals surface area (Å²) in [6.07, 6.45) is 3.74. The van der Waals surface area contributed by atoms with Crippen LogP contribution < -0.4 is 5.32 Å². The number of likely N-dealkylation sites (tertiary alicyclic amines) is 1. The molecule has 160 valence electrons. The molecule has 2 amide bonds. The van der Waals surface area contributed by atoms with Crippen molar-refractivity contribution in [2.45, 2.75) is 71.0 Å². The van der Waals surface area contributed by atoms with Crippen LogP contribution in [0.15, 0.2) is 24.3 Å². The molecule has 2 aliphatic heterocycles. The average Bonchev–Trinajstić information content (AvgIpc) is 2.69. The summed E-state index contributed by atoms with van der Waals surface area (Å²) in [5.41, 5.74) is -0.0849. The standard InChI is InChI=1S/C23H34FN3O2/c1-4-5-12-27-21(28)20(15-17(2)3)25-22(29)23(27)10-13-26(14-11-23)16-18-8-6-7-9-19(18)24/h6-9,17,20H,4-5,10-16H2,1-3H3,(H,25,29)/t20-/m0/s1. The Kier molecular flexibility index (Phi) is 6.93. The van der Waals surface area contributed by atoms with Crippen molar-refractivity contribution in [1.29, 1.82) is 0 Å². The highest BCUT2D eigenvalue weighted by atomic mass is 19.1. The number of unbranched alkanes of at least 4 members (excludes halogenated alkanes) is 1. The first-order valence-corrected chi connectivity index (χ1v) is 11.0.